The van der Waals surface area contributed by atoms with Gasteiger partial charge in [0.05, 0.1) is 11.1 Å². The third-order valence-electron chi connectivity index (χ3n) is 3.89. The number of rotatable bonds is 2. The molecule has 0 spiro atoms. The lowest BCUT2D eigenvalue weighted by molar-refractivity contribution is 0.0688. The summed E-state index contributed by atoms with van der Waals surface area (Å²) in [4.78, 5) is 19.1. The molecular weight excluding hydrogens is 316 g/mol. The third kappa shape index (κ3) is 2.57. The smallest absolute Gasteiger partial charge is 0.256 e. The molecule has 4 heteroatoms. The Morgan fingerprint density at radius 2 is 2.20 bits per heavy atom. The van der Waals surface area contributed by atoms with E-state index in [1.807, 2.05) is 35.2 Å². The number of piperidine rings is 1. The van der Waals surface area contributed by atoms with Crippen molar-refractivity contribution < 1.29 is 4.79 Å². The van der Waals surface area contributed by atoms with Gasteiger partial charge in [0.2, 0.25) is 0 Å². The van der Waals surface area contributed by atoms with Crippen LogP contribution in [0.4, 0.5) is 0 Å². The summed E-state index contributed by atoms with van der Waals surface area (Å²) in [6.45, 7) is 1.69. The minimum Gasteiger partial charge on any atom is -0.338 e. The zero-order valence-electron chi connectivity index (χ0n) is 11.3. The Hall–Kier alpha value is -1.42. The monoisotopic (exact) mass is 332 g/mol. The van der Waals surface area contributed by atoms with Crippen LogP contribution >= 0.6 is 15.9 Å². The summed E-state index contributed by atoms with van der Waals surface area (Å²) in [5.74, 6) is 0.676. The standard InChI is InChI=1S/C16H17BrN2O/c17-10-12-4-3-9-19(11-12)16(20)14-7-1-5-13-6-2-8-18-15(13)14/h1-2,5-8,12H,3-4,9-11H2. The molecule has 20 heavy (non-hydrogen) atoms. The van der Waals surface area contributed by atoms with Crippen LogP contribution in [0.2, 0.25) is 0 Å². The number of para-hydroxylation sites is 1. The Balaban J connectivity index is 1.92. The highest BCUT2D eigenvalue weighted by Gasteiger charge is 2.25. The molecular formula is C16H17BrN2O. The molecule has 0 radical (unpaired) electrons. The number of hydrogen-bond donors (Lipinski definition) is 0. The van der Waals surface area contributed by atoms with Crippen LogP contribution in [0.1, 0.15) is 23.2 Å². The third-order valence-corrected chi connectivity index (χ3v) is 4.80. The van der Waals surface area contributed by atoms with E-state index in [0.29, 0.717) is 5.92 Å². The van der Waals surface area contributed by atoms with Crippen molar-refractivity contribution >= 4 is 32.7 Å². The molecule has 0 N–H and O–H groups in total. The maximum Gasteiger partial charge on any atom is 0.256 e. The lowest BCUT2D eigenvalue weighted by Gasteiger charge is -2.32. The lowest BCUT2D eigenvalue weighted by Crippen LogP contribution is -2.40. The highest BCUT2D eigenvalue weighted by atomic mass is 79.9. The second-order valence-corrected chi connectivity index (χ2v) is 5.94. The van der Waals surface area contributed by atoms with Gasteiger partial charge in [-0.25, -0.2) is 0 Å². The predicted molar refractivity (Wildman–Crippen MR) is 84.2 cm³/mol. The normalized spacial score (nSPS) is 19.2. The van der Waals surface area contributed by atoms with Crippen molar-refractivity contribution in [3.63, 3.8) is 0 Å². The fourth-order valence-electron chi connectivity index (χ4n) is 2.82. The number of pyridine rings is 1. The summed E-state index contributed by atoms with van der Waals surface area (Å²) < 4.78 is 0. The molecule has 0 aliphatic carbocycles. The van der Waals surface area contributed by atoms with Crippen molar-refractivity contribution in [2.75, 3.05) is 18.4 Å². The van der Waals surface area contributed by atoms with Gasteiger partial charge in [0.1, 0.15) is 0 Å². The topological polar surface area (TPSA) is 33.2 Å². The van der Waals surface area contributed by atoms with Gasteiger partial charge in [0, 0.05) is 30.0 Å². The second kappa shape index (κ2) is 5.92. The first-order valence-corrected chi connectivity index (χ1v) is 8.10. The van der Waals surface area contributed by atoms with E-state index in [1.54, 1.807) is 6.20 Å². The molecule has 1 aromatic heterocycles. The van der Waals surface area contributed by atoms with Crippen LogP contribution in [0.15, 0.2) is 36.5 Å². The van der Waals surface area contributed by atoms with Crippen molar-refractivity contribution in [1.82, 2.24) is 9.88 Å². The number of carbonyl (C=O) groups is 1. The van der Waals surface area contributed by atoms with Crippen LogP contribution in [-0.4, -0.2) is 34.2 Å². The molecule has 3 rings (SSSR count). The number of benzene rings is 1. The predicted octanol–water partition coefficient (Wildman–Crippen LogP) is 3.48. The van der Waals surface area contributed by atoms with Crippen molar-refractivity contribution in [2.24, 2.45) is 5.92 Å². The highest BCUT2D eigenvalue weighted by molar-refractivity contribution is 9.09. The molecule has 0 saturated carbocycles. The minimum absolute atomic E-state index is 0.111. The molecule has 1 unspecified atom stereocenters. The Morgan fingerprint density at radius 1 is 1.35 bits per heavy atom. The first-order chi connectivity index (χ1) is 9.79. The molecule has 1 aliphatic heterocycles. The number of carbonyl (C=O) groups excluding carboxylic acids is 1. The summed E-state index contributed by atoms with van der Waals surface area (Å²) in [5.41, 5.74) is 1.53. The molecule has 2 aromatic rings. The van der Waals surface area contributed by atoms with Crippen LogP contribution in [0.5, 0.6) is 0 Å². The Labute approximate surface area is 127 Å². The molecule has 3 nitrogen and oxygen atoms in total. The maximum atomic E-state index is 12.7. The SMILES string of the molecule is O=C(c1cccc2cccnc12)N1CCCC(CBr)C1. The summed E-state index contributed by atoms with van der Waals surface area (Å²) >= 11 is 3.53. The summed E-state index contributed by atoms with van der Waals surface area (Å²) in [7, 11) is 0. The molecule has 1 saturated heterocycles. The van der Waals surface area contributed by atoms with Gasteiger partial charge in [-0.3, -0.25) is 9.78 Å². The van der Waals surface area contributed by atoms with Crippen LogP contribution < -0.4 is 0 Å². The molecule has 1 fully saturated rings. The average molecular weight is 333 g/mol. The van der Waals surface area contributed by atoms with Gasteiger partial charge >= 0.3 is 0 Å². The van der Waals surface area contributed by atoms with E-state index < -0.39 is 0 Å². The molecule has 1 amide bonds. The van der Waals surface area contributed by atoms with Crippen molar-refractivity contribution in [3.8, 4) is 0 Å². The molecule has 1 atom stereocenters. The summed E-state index contributed by atoms with van der Waals surface area (Å²) in [6.07, 6.45) is 4.03. The van der Waals surface area contributed by atoms with E-state index in [0.717, 1.165) is 41.3 Å². The van der Waals surface area contributed by atoms with Crippen LogP contribution in [0.25, 0.3) is 10.9 Å². The Morgan fingerprint density at radius 3 is 3.05 bits per heavy atom. The number of fused-ring (bicyclic) bond motifs is 1. The van der Waals surface area contributed by atoms with Gasteiger partial charge in [-0.1, -0.05) is 34.1 Å². The summed E-state index contributed by atoms with van der Waals surface area (Å²) in [6, 6.07) is 9.71. The highest BCUT2D eigenvalue weighted by Crippen LogP contribution is 2.23. The molecule has 104 valence electrons. The van der Waals surface area contributed by atoms with E-state index >= 15 is 0 Å². The number of likely N-dealkylation sites (tertiary alicyclic amines) is 1. The average Bonchev–Trinajstić information content (AvgIpc) is 2.53. The minimum atomic E-state index is 0.111. The first-order valence-electron chi connectivity index (χ1n) is 6.98. The van der Waals surface area contributed by atoms with E-state index in [2.05, 4.69) is 20.9 Å². The number of alkyl halides is 1. The van der Waals surface area contributed by atoms with Crippen molar-refractivity contribution in [3.05, 3.63) is 42.1 Å². The van der Waals surface area contributed by atoms with E-state index in [9.17, 15) is 4.79 Å². The number of amides is 1. The quantitative estimate of drug-likeness (QED) is 0.789. The number of hydrogen-bond acceptors (Lipinski definition) is 2. The van der Waals surface area contributed by atoms with Gasteiger partial charge in [0.25, 0.3) is 5.91 Å². The van der Waals surface area contributed by atoms with Crippen molar-refractivity contribution in [2.45, 2.75) is 12.8 Å². The molecule has 2 heterocycles. The van der Waals surface area contributed by atoms with E-state index in [1.165, 1.54) is 6.42 Å². The molecule has 0 bridgehead atoms. The molecule has 1 aromatic carbocycles. The van der Waals surface area contributed by atoms with Gasteiger partial charge in [-0.05, 0) is 30.9 Å². The second-order valence-electron chi connectivity index (χ2n) is 5.29. The Kier molecular flexibility index (Phi) is 4.01. The maximum absolute atomic E-state index is 12.7. The van der Waals surface area contributed by atoms with Crippen LogP contribution in [-0.2, 0) is 0 Å². The molecule has 1 aliphatic rings. The van der Waals surface area contributed by atoms with Gasteiger partial charge in [-0.15, -0.1) is 0 Å². The fourth-order valence-corrected chi connectivity index (χ4v) is 3.35. The fraction of sp³-hybridized carbons (Fsp3) is 0.375. The zero-order valence-corrected chi connectivity index (χ0v) is 12.8. The van der Waals surface area contributed by atoms with Gasteiger partial charge < -0.3 is 4.90 Å². The Bertz CT molecular complexity index is 623. The summed E-state index contributed by atoms with van der Waals surface area (Å²) in [5, 5.41) is 1.98. The largest absolute Gasteiger partial charge is 0.338 e. The van der Waals surface area contributed by atoms with Crippen LogP contribution in [0.3, 0.4) is 0 Å². The first kappa shape index (κ1) is 13.6. The number of nitrogens with zero attached hydrogens (tertiary/aromatic N) is 2. The number of halogens is 1. The van der Waals surface area contributed by atoms with Gasteiger partial charge in [0.15, 0.2) is 0 Å². The lowest BCUT2D eigenvalue weighted by atomic mass is 9.99. The van der Waals surface area contributed by atoms with E-state index in [-0.39, 0.29) is 5.91 Å². The number of aromatic nitrogens is 1. The van der Waals surface area contributed by atoms with Crippen LogP contribution in [0, 0.1) is 5.92 Å². The van der Waals surface area contributed by atoms with Crippen molar-refractivity contribution in [1.29, 1.82) is 0 Å². The zero-order chi connectivity index (χ0) is 13.9. The van der Waals surface area contributed by atoms with E-state index in [4.69, 9.17) is 0 Å². The van der Waals surface area contributed by atoms with Gasteiger partial charge in [-0.2, -0.15) is 0 Å².